The Labute approximate surface area is 99.1 Å². The van der Waals surface area contributed by atoms with Gasteiger partial charge < -0.3 is 10.1 Å². The highest BCUT2D eigenvalue weighted by Gasteiger charge is 2.03. The van der Waals surface area contributed by atoms with Crippen molar-refractivity contribution in [1.82, 2.24) is 10.3 Å². The van der Waals surface area contributed by atoms with E-state index < -0.39 is 0 Å². The smallest absolute Gasteiger partial charge is 0.213 e. The molecule has 0 aliphatic carbocycles. The van der Waals surface area contributed by atoms with Crippen molar-refractivity contribution in [2.75, 3.05) is 14.2 Å². The van der Waals surface area contributed by atoms with Gasteiger partial charge in [-0.25, -0.2) is 4.98 Å². The topological polar surface area (TPSA) is 34.2 Å². The van der Waals surface area contributed by atoms with E-state index in [1.165, 1.54) is 10.4 Å². The molecule has 0 amide bonds. The molecule has 0 unspecified atom stereocenters. The summed E-state index contributed by atoms with van der Waals surface area (Å²) in [5.41, 5.74) is 2.36. The fraction of sp³-hybridized carbons (Fsp3) is 0.250. The predicted molar refractivity (Wildman–Crippen MR) is 66.9 cm³/mol. The van der Waals surface area contributed by atoms with Gasteiger partial charge in [0.2, 0.25) is 5.88 Å². The van der Waals surface area contributed by atoms with Gasteiger partial charge in [0, 0.05) is 23.7 Å². The van der Waals surface area contributed by atoms with E-state index in [4.69, 9.17) is 4.74 Å². The minimum Gasteiger partial charge on any atom is -0.481 e. The summed E-state index contributed by atoms with van der Waals surface area (Å²) in [5, 5.41) is 5.30. The number of aromatic nitrogens is 1. The molecular formula is C12H14N2OS. The summed E-state index contributed by atoms with van der Waals surface area (Å²) in [6.07, 6.45) is 1.77. The van der Waals surface area contributed by atoms with Crippen LogP contribution in [0.25, 0.3) is 11.1 Å². The molecule has 0 aliphatic heterocycles. The number of methoxy groups -OCH3 is 1. The van der Waals surface area contributed by atoms with Crippen molar-refractivity contribution in [3.05, 3.63) is 34.7 Å². The minimum atomic E-state index is 0.652. The zero-order chi connectivity index (χ0) is 11.4. The van der Waals surface area contributed by atoms with Gasteiger partial charge in [-0.1, -0.05) is 0 Å². The van der Waals surface area contributed by atoms with Crippen LogP contribution in [0.15, 0.2) is 29.8 Å². The van der Waals surface area contributed by atoms with E-state index >= 15 is 0 Å². The van der Waals surface area contributed by atoms with Crippen molar-refractivity contribution in [2.24, 2.45) is 0 Å². The maximum absolute atomic E-state index is 5.11. The molecule has 84 valence electrons. The number of nitrogens with zero attached hydrogens (tertiary/aromatic N) is 1. The molecule has 0 atom stereocenters. The third kappa shape index (κ3) is 2.40. The third-order valence-corrected chi connectivity index (χ3v) is 3.22. The van der Waals surface area contributed by atoms with Gasteiger partial charge >= 0.3 is 0 Å². The van der Waals surface area contributed by atoms with Gasteiger partial charge in [0.15, 0.2) is 0 Å². The summed E-state index contributed by atoms with van der Waals surface area (Å²) in [7, 11) is 3.58. The first-order valence-corrected chi connectivity index (χ1v) is 5.94. The molecule has 0 aliphatic rings. The van der Waals surface area contributed by atoms with Crippen LogP contribution in [0.3, 0.4) is 0 Å². The highest BCUT2D eigenvalue weighted by Crippen LogP contribution is 2.27. The average molecular weight is 234 g/mol. The van der Waals surface area contributed by atoms with Gasteiger partial charge in [-0.15, -0.1) is 11.3 Å². The maximum atomic E-state index is 5.11. The Balaban J connectivity index is 2.27. The van der Waals surface area contributed by atoms with Crippen LogP contribution in [0, 0.1) is 0 Å². The second kappa shape index (κ2) is 5.09. The van der Waals surface area contributed by atoms with E-state index in [1.54, 1.807) is 24.6 Å². The summed E-state index contributed by atoms with van der Waals surface area (Å²) >= 11 is 1.76. The molecule has 2 aromatic heterocycles. The highest BCUT2D eigenvalue weighted by molar-refractivity contribution is 7.10. The second-order valence-electron chi connectivity index (χ2n) is 3.42. The molecule has 0 radical (unpaired) electrons. The van der Waals surface area contributed by atoms with Crippen LogP contribution < -0.4 is 10.1 Å². The van der Waals surface area contributed by atoms with Crippen LogP contribution in [-0.4, -0.2) is 19.1 Å². The normalized spacial score (nSPS) is 10.4. The zero-order valence-electron chi connectivity index (χ0n) is 9.36. The molecule has 4 heteroatoms. The third-order valence-electron chi connectivity index (χ3n) is 2.28. The summed E-state index contributed by atoms with van der Waals surface area (Å²) < 4.78 is 5.11. The monoisotopic (exact) mass is 234 g/mol. The standard InChI is InChI=1S/C12H14N2OS/c1-13-7-11-5-10(8-16-11)9-3-4-14-12(6-9)15-2/h3-6,8,13H,7H2,1-2H3. The predicted octanol–water partition coefficient (Wildman–Crippen LogP) is 2.54. The van der Waals surface area contributed by atoms with Crippen LogP contribution in [-0.2, 0) is 6.54 Å². The van der Waals surface area contributed by atoms with Gasteiger partial charge in [0.05, 0.1) is 7.11 Å². The first kappa shape index (κ1) is 11.1. The largest absolute Gasteiger partial charge is 0.481 e. The highest BCUT2D eigenvalue weighted by atomic mass is 32.1. The number of pyridine rings is 1. The SMILES string of the molecule is CNCc1cc(-c2ccnc(OC)c2)cs1. The summed E-state index contributed by atoms with van der Waals surface area (Å²) in [4.78, 5) is 5.42. The number of hydrogen-bond donors (Lipinski definition) is 1. The second-order valence-corrected chi connectivity index (χ2v) is 4.41. The Bertz CT molecular complexity index is 468. The van der Waals surface area contributed by atoms with Crippen molar-refractivity contribution in [1.29, 1.82) is 0 Å². The Morgan fingerprint density at radius 2 is 2.25 bits per heavy atom. The fourth-order valence-corrected chi connectivity index (χ4v) is 2.40. The summed E-state index contributed by atoms with van der Waals surface area (Å²) in [6.45, 7) is 0.910. The molecular weight excluding hydrogens is 220 g/mol. The lowest BCUT2D eigenvalue weighted by Gasteiger charge is -2.00. The lowest BCUT2D eigenvalue weighted by Crippen LogP contribution is -2.02. The molecule has 0 saturated heterocycles. The Kier molecular flexibility index (Phi) is 3.54. The molecule has 0 spiro atoms. The van der Waals surface area contributed by atoms with Crippen LogP contribution in [0.1, 0.15) is 4.88 Å². The lowest BCUT2D eigenvalue weighted by atomic mass is 10.1. The van der Waals surface area contributed by atoms with Gasteiger partial charge in [-0.2, -0.15) is 0 Å². The molecule has 2 heterocycles. The molecule has 16 heavy (non-hydrogen) atoms. The first-order chi connectivity index (χ1) is 7.83. The van der Waals surface area contributed by atoms with Crippen molar-refractivity contribution in [2.45, 2.75) is 6.54 Å². The maximum Gasteiger partial charge on any atom is 0.213 e. The van der Waals surface area contributed by atoms with E-state index in [-0.39, 0.29) is 0 Å². The van der Waals surface area contributed by atoms with Gasteiger partial charge in [0.1, 0.15) is 0 Å². The molecule has 0 saturated carbocycles. The Hall–Kier alpha value is -1.39. The van der Waals surface area contributed by atoms with Crippen molar-refractivity contribution >= 4 is 11.3 Å². The van der Waals surface area contributed by atoms with E-state index in [0.29, 0.717) is 5.88 Å². The molecule has 0 bridgehead atoms. The van der Waals surface area contributed by atoms with E-state index in [1.807, 2.05) is 19.2 Å². The van der Waals surface area contributed by atoms with Gasteiger partial charge in [0.25, 0.3) is 0 Å². The quantitative estimate of drug-likeness (QED) is 0.882. The van der Waals surface area contributed by atoms with Crippen molar-refractivity contribution in [3.63, 3.8) is 0 Å². The number of hydrogen-bond acceptors (Lipinski definition) is 4. The van der Waals surface area contributed by atoms with Crippen LogP contribution in [0.2, 0.25) is 0 Å². The van der Waals surface area contributed by atoms with Gasteiger partial charge in [-0.05, 0) is 35.7 Å². The Morgan fingerprint density at radius 3 is 3.00 bits per heavy atom. The van der Waals surface area contributed by atoms with Crippen LogP contribution in [0.4, 0.5) is 0 Å². The average Bonchev–Trinajstić information content (AvgIpc) is 2.78. The molecule has 2 aromatic rings. The molecule has 3 nitrogen and oxygen atoms in total. The number of rotatable bonds is 4. The summed E-state index contributed by atoms with van der Waals surface area (Å²) in [6, 6.07) is 6.13. The molecule has 2 rings (SSSR count). The minimum absolute atomic E-state index is 0.652. The Morgan fingerprint density at radius 1 is 1.38 bits per heavy atom. The van der Waals surface area contributed by atoms with Crippen molar-refractivity contribution in [3.8, 4) is 17.0 Å². The number of thiophene rings is 1. The van der Waals surface area contributed by atoms with E-state index in [0.717, 1.165) is 12.1 Å². The summed E-state index contributed by atoms with van der Waals surface area (Å²) in [5.74, 6) is 0.652. The molecule has 0 aromatic carbocycles. The first-order valence-electron chi connectivity index (χ1n) is 5.06. The molecule has 1 N–H and O–H groups in total. The van der Waals surface area contributed by atoms with Crippen LogP contribution >= 0.6 is 11.3 Å². The fourth-order valence-electron chi connectivity index (χ4n) is 1.50. The number of nitrogens with one attached hydrogen (secondary N) is 1. The van der Waals surface area contributed by atoms with Crippen LogP contribution in [0.5, 0.6) is 5.88 Å². The lowest BCUT2D eigenvalue weighted by molar-refractivity contribution is 0.398. The van der Waals surface area contributed by atoms with Crippen molar-refractivity contribution < 1.29 is 4.74 Å². The van der Waals surface area contributed by atoms with E-state index in [9.17, 15) is 0 Å². The zero-order valence-corrected chi connectivity index (χ0v) is 10.2. The van der Waals surface area contributed by atoms with E-state index in [2.05, 4.69) is 21.7 Å². The van der Waals surface area contributed by atoms with Gasteiger partial charge in [-0.3, -0.25) is 0 Å². The number of ether oxygens (including phenoxy) is 1. The molecule has 0 fully saturated rings.